The molecule has 1 fully saturated rings. The number of para-hydroxylation sites is 1. The van der Waals surface area contributed by atoms with Gasteiger partial charge in [-0.15, -0.1) is 11.8 Å². The Bertz CT molecular complexity index is 506. The van der Waals surface area contributed by atoms with Crippen molar-refractivity contribution >= 4 is 29.4 Å². The average Bonchev–Trinajstić information content (AvgIpc) is 2.83. The Kier molecular flexibility index (Phi) is 3.89. The molecule has 0 aromatic heterocycles. The van der Waals surface area contributed by atoms with E-state index in [-0.39, 0.29) is 11.6 Å². The van der Waals surface area contributed by atoms with Crippen LogP contribution in [0.2, 0.25) is 0 Å². The molecule has 1 heterocycles. The fraction of sp³-hybridized carbons (Fsp3) is 0.273. The van der Waals surface area contributed by atoms with Crippen molar-refractivity contribution in [1.82, 2.24) is 4.90 Å². The highest BCUT2D eigenvalue weighted by Crippen LogP contribution is 2.24. The number of amides is 2. The zero-order chi connectivity index (χ0) is 14.0. The van der Waals surface area contributed by atoms with Crippen LogP contribution in [0.25, 0.3) is 0 Å². The van der Waals surface area contributed by atoms with Gasteiger partial charge in [0.25, 0.3) is 0 Å². The summed E-state index contributed by atoms with van der Waals surface area (Å²) in [7, 11) is 0. The van der Waals surface area contributed by atoms with Gasteiger partial charge in [-0.3, -0.25) is 0 Å². The lowest BCUT2D eigenvalue weighted by Gasteiger charge is -2.21. The third kappa shape index (κ3) is 2.78. The number of rotatable bonds is 2. The Morgan fingerprint density at radius 2 is 2.00 bits per heavy atom. The summed E-state index contributed by atoms with van der Waals surface area (Å²) in [5.41, 5.74) is -0.575. The molecule has 0 radical (unpaired) electrons. The number of carbonyl (C=O) groups excluding carboxylic acids is 1. The predicted molar refractivity (Wildman–Crippen MR) is 66.0 cm³/mol. The highest BCUT2D eigenvalue weighted by Gasteiger charge is 2.35. The second kappa shape index (κ2) is 5.43. The van der Waals surface area contributed by atoms with Gasteiger partial charge in [0, 0.05) is 5.75 Å². The van der Waals surface area contributed by atoms with Gasteiger partial charge in [-0.2, -0.15) is 0 Å². The minimum atomic E-state index is -1.14. The Morgan fingerprint density at radius 1 is 1.37 bits per heavy atom. The summed E-state index contributed by atoms with van der Waals surface area (Å²) >= 11 is 1.26. The van der Waals surface area contributed by atoms with Crippen LogP contribution >= 0.6 is 11.8 Å². The summed E-state index contributed by atoms with van der Waals surface area (Å²) in [5.74, 6) is -2.55. The second-order valence-corrected chi connectivity index (χ2v) is 4.85. The molecule has 1 unspecified atom stereocenters. The molecule has 0 bridgehead atoms. The number of carboxylic acids is 1. The first-order chi connectivity index (χ1) is 9.00. The van der Waals surface area contributed by atoms with E-state index in [4.69, 9.17) is 5.11 Å². The molecule has 8 heteroatoms. The number of anilines is 1. The third-order valence-electron chi connectivity index (χ3n) is 2.62. The number of aliphatic carboxylic acids is 1. The molecule has 1 aromatic carbocycles. The van der Waals surface area contributed by atoms with Crippen LogP contribution in [0.15, 0.2) is 18.2 Å². The molecule has 2 rings (SSSR count). The Balaban J connectivity index is 2.15. The number of thioether (sulfide) groups is 1. The van der Waals surface area contributed by atoms with Crippen LogP contribution in [0.4, 0.5) is 19.3 Å². The molecule has 102 valence electrons. The molecular weight excluding hydrogens is 278 g/mol. The van der Waals surface area contributed by atoms with Crippen molar-refractivity contribution in [3.63, 3.8) is 0 Å². The van der Waals surface area contributed by atoms with E-state index in [1.165, 1.54) is 17.8 Å². The maximum Gasteiger partial charge on any atom is 0.327 e. The van der Waals surface area contributed by atoms with Crippen LogP contribution in [0.3, 0.4) is 0 Å². The van der Waals surface area contributed by atoms with E-state index < -0.39 is 35.4 Å². The first-order valence-electron chi connectivity index (χ1n) is 5.33. The van der Waals surface area contributed by atoms with Crippen molar-refractivity contribution in [3.05, 3.63) is 29.8 Å². The van der Waals surface area contributed by atoms with E-state index in [1.807, 2.05) is 0 Å². The molecular formula is C11H10F2N2O3S. The average molecular weight is 288 g/mol. The van der Waals surface area contributed by atoms with Gasteiger partial charge in [-0.1, -0.05) is 6.07 Å². The number of halogens is 2. The molecule has 0 aliphatic carbocycles. The normalized spacial score (nSPS) is 18.4. The van der Waals surface area contributed by atoms with Gasteiger partial charge in [0.15, 0.2) is 0 Å². The molecule has 0 spiro atoms. The Labute approximate surface area is 111 Å². The predicted octanol–water partition coefficient (Wildman–Crippen LogP) is 1.96. The van der Waals surface area contributed by atoms with E-state index in [2.05, 4.69) is 5.32 Å². The fourth-order valence-electron chi connectivity index (χ4n) is 1.64. The number of hydrogen-bond acceptors (Lipinski definition) is 3. The standard InChI is InChI=1S/C11H10F2N2O3S/c12-6-2-1-3-7(13)9(6)14-11(18)15-5-19-4-8(15)10(16)17/h1-3,8H,4-5H2,(H,14,18)(H,16,17). The number of hydrogen-bond donors (Lipinski definition) is 2. The zero-order valence-electron chi connectivity index (χ0n) is 9.60. The largest absolute Gasteiger partial charge is 0.480 e. The minimum Gasteiger partial charge on any atom is -0.480 e. The molecule has 19 heavy (non-hydrogen) atoms. The van der Waals surface area contributed by atoms with E-state index in [1.54, 1.807) is 0 Å². The van der Waals surface area contributed by atoms with Crippen molar-refractivity contribution in [2.24, 2.45) is 0 Å². The molecule has 5 nitrogen and oxygen atoms in total. The SMILES string of the molecule is O=C(O)C1CSCN1C(=O)Nc1c(F)cccc1F. The van der Waals surface area contributed by atoms with Crippen LogP contribution in [-0.2, 0) is 4.79 Å². The first kappa shape index (κ1) is 13.6. The quantitative estimate of drug-likeness (QED) is 0.872. The maximum atomic E-state index is 13.4. The Hall–Kier alpha value is -1.83. The third-order valence-corrected chi connectivity index (χ3v) is 3.64. The summed E-state index contributed by atoms with van der Waals surface area (Å²) in [6.07, 6.45) is 0. The lowest BCUT2D eigenvalue weighted by atomic mass is 10.3. The molecule has 1 saturated heterocycles. The lowest BCUT2D eigenvalue weighted by molar-refractivity contribution is -0.140. The number of nitrogens with zero attached hydrogens (tertiary/aromatic N) is 1. The smallest absolute Gasteiger partial charge is 0.327 e. The summed E-state index contributed by atoms with van der Waals surface area (Å²) < 4.78 is 26.7. The Morgan fingerprint density at radius 3 is 2.58 bits per heavy atom. The van der Waals surface area contributed by atoms with E-state index >= 15 is 0 Å². The van der Waals surface area contributed by atoms with Gasteiger partial charge < -0.3 is 15.3 Å². The van der Waals surface area contributed by atoms with Gasteiger partial charge >= 0.3 is 12.0 Å². The van der Waals surface area contributed by atoms with Gasteiger partial charge in [-0.05, 0) is 12.1 Å². The van der Waals surface area contributed by atoms with Crippen molar-refractivity contribution in [1.29, 1.82) is 0 Å². The molecule has 1 aromatic rings. The maximum absolute atomic E-state index is 13.4. The molecule has 1 aliphatic rings. The van der Waals surface area contributed by atoms with E-state index in [0.29, 0.717) is 0 Å². The monoisotopic (exact) mass is 288 g/mol. The fourth-order valence-corrected chi connectivity index (χ4v) is 2.79. The summed E-state index contributed by atoms with van der Waals surface area (Å²) in [6.45, 7) is 0. The highest BCUT2D eigenvalue weighted by molar-refractivity contribution is 7.99. The van der Waals surface area contributed by atoms with Gasteiger partial charge in [0.05, 0.1) is 5.88 Å². The minimum absolute atomic E-state index is 0.166. The van der Waals surface area contributed by atoms with Crippen LogP contribution in [0.5, 0.6) is 0 Å². The van der Waals surface area contributed by atoms with Gasteiger partial charge in [-0.25, -0.2) is 18.4 Å². The van der Waals surface area contributed by atoms with Gasteiger partial charge in [0.2, 0.25) is 0 Å². The van der Waals surface area contributed by atoms with Crippen LogP contribution < -0.4 is 5.32 Å². The van der Waals surface area contributed by atoms with Crippen molar-refractivity contribution in [2.45, 2.75) is 6.04 Å². The first-order valence-corrected chi connectivity index (χ1v) is 6.48. The number of benzene rings is 1. The summed E-state index contributed by atoms with van der Waals surface area (Å²) in [4.78, 5) is 23.8. The molecule has 2 N–H and O–H groups in total. The van der Waals surface area contributed by atoms with Crippen molar-refractivity contribution < 1.29 is 23.5 Å². The van der Waals surface area contributed by atoms with E-state index in [0.717, 1.165) is 17.0 Å². The van der Waals surface area contributed by atoms with Crippen LogP contribution in [-0.4, -0.2) is 39.7 Å². The summed E-state index contributed by atoms with van der Waals surface area (Å²) in [5, 5.41) is 11.0. The van der Waals surface area contributed by atoms with E-state index in [9.17, 15) is 18.4 Å². The number of urea groups is 1. The second-order valence-electron chi connectivity index (χ2n) is 3.85. The molecule has 0 saturated carbocycles. The topological polar surface area (TPSA) is 69.6 Å². The molecule has 2 amide bonds. The van der Waals surface area contributed by atoms with Crippen LogP contribution in [0.1, 0.15) is 0 Å². The van der Waals surface area contributed by atoms with Gasteiger partial charge in [0.1, 0.15) is 23.4 Å². The number of carboxylic acid groups (broad SMARTS) is 1. The number of nitrogens with one attached hydrogen (secondary N) is 1. The summed E-state index contributed by atoms with van der Waals surface area (Å²) in [6, 6.07) is 1.37. The molecule has 1 aliphatic heterocycles. The van der Waals surface area contributed by atoms with Crippen molar-refractivity contribution in [2.75, 3.05) is 16.9 Å². The van der Waals surface area contributed by atoms with Crippen molar-refractivity contribution in [3.8, 4) is 0 Å². The zero-order valence-corrected chi connectivity index (χ0v) is 10.4. The van der Waals surface area contributed by atoms with Crippen LogP contribution in [0, 0.1) is 11.6 Å². The number of carbonyl (C=O) groups is 2. The molecule has 1 atom stereocenters. The lowest BCUT2D eigenvalue weighted by Crippen LogP contribution is -2.44. The highest BCUT2D eigenvalue weighted by atomic mass is 32.2.